The van der Waals surface area contributed by atoms with E-state index in [0.717, 1.165) is 24.3 Å². The van der Waals surface area contributed by atoms with Crippen LogP contribution in [0.25, 0.3) is 11.3 Å². The van der Waals surface area contributed by atoms with Gasteiger partial charge in [-0.15, -0.1) is 0 Å². The fraction of sp³-hybridized carbons (Fsp3) is 0.238. The highest BCUT2D eigenvalue weighted by atomic mass is 16.2. The van der Waals surface area contributed by atoms with Crippen molar-refractivity contribution >= 4 is 11.6 Å². The fourth-order valence-corrected chi connectivity index (χ4v) is 3.23. The number of hydrogen-bond donors (Lipinski definition) is 0. The molecule has 1 fully saturated rings. The minimum Gasteiger partial charge on any atom is -0.368 e. The normalized spacial score (nSPS) is 14.3. The molecule has 0 N–H and O–H groups in total. The summed E-state index contributed by atoms with van der Waals surface area (Å²) in [4.78, 5) is 29.4. The molecule has 4 rings (SSSR count). The lowest BCUT2D eigenvalue weighted by molar-refractivity contribution is 0.0746. The van der Waals surface area contributed by atoms with Crippen LogP contribution in [0.1, 0.15) is 15.9 Å². The van der Waals surface area contributed by atoms with Crippen LogP contribution in [0.3, 0.4) is 0 Å². The van der Waals surface area contributed by atoms with Crippen LogP contribution in [0.5, 0.6) is 0 Å². The molecule has 0 radical (unpaired) electrons. The predicted molar refractivity (Wildman–Crippen MR) is 105 cm³/mol. The molecule has 0 atom stereocenters. The third kappa shape index (κ3) is 3.79. The van der Waals surface area contributed by atoms with Crippen molar-refractivity contribution in [3.05, 3.63) is 72.4 Å². The summed E-state index contributed by atoms with van der Waals surface area (Å²) in [6.07, 6.45) is 6.54. The van der Waals surface area contributed by atoms with Crippen LogP contribution in [0.2, 0.25) is 0 Å². The number of rotatable bonds is 3. The first-order valence-electron chi connectivity index (χ1n) is 9.03. The summed E-state index contributed by atoms with van der Waals surface area (Å²) in [5.41, 5.74) is 4.67. The fourth-order valence-electron chi connectivity index (χ4n) is 3.23. The van der Waals surface area contributed by atoms with E-state index in [2.05, 4.69) is 51.0 Å². The molecule has 27 heavy (non-hydrogen) atoms. The summed E-state index contributed by atoms with van der Waals surface area (Å²) >= 11 is 0. The second-order valence-electron chi connectivity index (χ2n) is 6.67. The average Bonchev–Trinajstić information content (AvgIpc) is 2.75. The number of aryl methyl sites for hydroxylation is 1. The van der Waals surface area contributed by atoms with Gasteiger partial charge in [-0.1, -0.05) is 17.7 Å². The Labute approximate surface area is 158 Å². The molecule has 1 aromatic carbocycles. The van der Waals surface area contributed by atoms with E-state index >= 15 is 0 Å². The number of benzene rings is 1. The Balaban J connectivity index is 1.40. The summed E-state index contributed by atoms with van der Waals surface area (Å²) in [5, 5.41) is 0. The van der Waals surface area contributed by atoms with E-state index < -0.39 is 0 Å². The van der Waals surface area contributed by atoms with Gasteiger partial charge in [-0.3, -0.25) is 9.78 Å². The SMILES string of the molecule is Cc1ccc(N2CCN(C(=O)c3ccc(-c4cncnc4)nc3)CC2)cc1. The summed E-state index contributed by atoms with van der Waals surface area (Å²) in [6, 6.07) is 12.2. The Morgan fingerprint density at radius 3 is 2.22 bits per heavy atom. The molecule has 6 nitrogen and oxygen atoms in total. The number of carbonyl (C=O) groups is 1. The van der Waals surface area contributed by atoms with Gasteiger partial charge in [-0.25, -0.2) is 9.97 Å². The van der Waals surface area contributed by atoms with Crippen molar-refractivity contribution in [2.24, 2.45) is 0 Å². The van der Waals surface area contributed by atoms with Gasteiger partial charge in [0, 0.05) is 56.0 Å². The average molecular weight is 359 g/mol. The number of amides is 1. The molecule has 0 unspecified atom stereocenters. The van der Waals surface area contributed by atoms with Gasteiger partial charge in [0.2, 0.25) is 0 Å². The second kappa shape index (κ2) is 7.53. The quantitative estimate of drug-likeness (QED) is 0.720. The van der Waals surface area contributed by atoms with Crippen LogP contribution in [0.4, 0.5) is 5.69 Å². The third-order valence-corrected chi connectivity index (χ3v) is 4.83. The molecule has 3 aromatic rings. The van der Waals surface area contributed by atoms with E-state index in [1.807, 2.05) is 17.0 Å². The summed E-state index contributed by atoms with van der Waals surface area (Å²) < 4.78 is 0. The number of aromatic nitrogens is 3. The molecule has 0 aliphatic carbocycles. The molecule has 6 heteroatoms. The first-order valence-corrected chi connectivity index (χ1v) is 9.03. The lowest BCUT2D eigenvalue weighted by atomic mass is 10.1. The Kier molecular flexibility index (Phi) is 4.78. The van der Waals surface area contributed by atoms with Crippen LogP contribution in [0, 0.1) is 6.92 Å². The summed E-state index contributed by atoms with van der Waals surface area (Å²) in [6.45, 7) is 5.18. The van der Waals surface area contributed by atoms with Crippen molar-refractivity contribution in [2.45, 2.75) is 6.92 Å². The van der Waals surface area contributed by atoms with Crippen LogP contribution in [-0.4, -0.2) is 51.9 Å². The molecular formula is C21H21N5O. The third-order valence-electron chi connectivity index (χ3n) is 4.83. The number of nitrogens with zero attached hydrogens (tertiary/aromatic N) is 5. The standard InChI is InChI=1S/C21H21N5O/c1-16-2-5-19(6-3-16)25-8-10-26(11-9-25)21(27)17-4-7-20(24-14-17)18-12-22-15-23-13-18/h2-7,12-15H,8-11H2,1H3. The van der Waals surface area contributed by atoms with Crippen molar-refractivity contribution in [1.82, 2.24) is 19.9 Å². The maximum absolute atomic E-state index is 12.8. The second-order valence-corrected chi connectivity index (χ2v) is 6.67. The molecule has 0 spiro atoms. The van der Waals surface area contributed by atoms with Crippen LogP contribution < -0.4 is 4.90 Å². The van der Waals surface area contributed by atoms with Gasteiger partial charge >= 0.3 is 0 Å². The highest BCUT2D eigenvalue weighted by Gasteiger charge is 2.22. The molecule has 1 saturated heterocycles. The van der Waals surface area contributed by atoms with Gasteiger partial charge in [-0.05, 0) is 31.2 Å². The Morgan fingerprint density at radius 2 is 1.59 bits per heavy atom. The van der Waals surface area contributed by atoms with E-state index in [4.69, 9.17) is 0 Å². The maximum atomic E-state index is 12.8. The highest BCUT2D eigenvalue weighted by molar-refractivity contribution is 5.94. The van der Waals surface area contributed by atoms with E-state index in [9.17, 15) is 4.79 Å². The van der Waals surface area contributed by atoms with Crippen molar-refractivity contribution in [3.63, 3.8) is 0 Å². The molecule has 3 heterocycles. The Bertz CT molecular complexity index is 902. The zero-order valence-electron chi connectivity index (χ0n) is 15.2. The van der Waals surface area contributed by atoms with Crippen molar-refractivity contribution < 1.29 is 4.79 Å². The topological polar surface area (TPSA) is 62.2 Å². The zero-order valence-corrected chi connectivity index (χ0v) is 15.2. The van der Waals surface area contributed by atoms with Gasteiger partial charge in [0.05, 0.1) is 11.3 Å². The van der Waals surface area contributed by atoms with E-state index in [1.165, 1.54) is 17.6 Å². The minimum atomic E-state index is 0.0296. The molecule has 0 bridgehead atoms. The predicted octanol–water partition coefficient (Wildman–Crippen LogP) is 2.81. The van der Waals surface area contributed by atoms with E-state index in [1.54, 1.807) is 18.6 Å². The summed E-state index contributed by atoms with van der Waals surface area (Å²) in [7, 11) is 0. The molecule has 1 aliphatic heterocycles. The molecule has 2 aromatic heterocycles. The minimum absolute atomic E-state index is 0.0296. The molecule has 1 amide bonds. The highest BCUT2D eigenvalue weighted by Crippen LogP contribution is 2.19. The van der Waals surface area contributed by atoms with Crippen molar-refractivity contribution in [2.75, 3.05) is 31.1 Å². The van der Waals surface area contributed by atoms with Gasteiger partial charge in [-0.2, -0.15) is 0 Å². The van der Waals surface area contributed by atoms with E-state index in [0.29, 0.717) is 18.7 Å². The Hall–Kier alpha value is -3.28. The molecule has 136 valence electrons. The zero-order chi connectivity index (χ0) is 18.6. The van der Waals surface area contributed by atoms with Gasteiger partial charge in [0.1, 0.15) is 6.33 Å². The first-order chi connectivity index (χ1) is 13.2. The lowest BCUT2D eigenvalue weighted by Crippen LogP contribution is -2.48. The van der Waals surface area contributed by atoms with Gasteiger partial charge < -0.3 is 9.80 Å². The molecule has 1 aliphatic rings. The number of hydrogen-bond acceptors (Lipinski definition) is 5. The van der Waals surface area contributed by atoms with Crippen molar-refractivity contribution in [1.29, 1.82) is 0 Å². The van der Waals surface area contributed by atoms with Crippen LogP contribution in [-0.2, 0) is 0 Å². The molecular weight excluding hydrogens is 338 g/mol. The molecule has 0 saturated carbocycles. The number of anilines is 1. The van der Waals surface area contributed by atoms with E-state index in [-0.39, 0.29) is 5.91 Å². The Morgan fingerprint density at radius 1 is 0.889 bits per heavy atom. The smallest absolute Gasteiger partial charge is 0.255 e. The monoisotopic (exact) mass is 359 g/mol. The number of piperazine rings is 1. The first kappa shape index (κ1) is 17.1. The summed E-state index contributed by atoms with van der Waals surface area (Å²) in [5.74, 6) is 0.0296. The number of carbonyl (C=O) groups excluding carboxylic acids is 1. The maximum Gasteiger partial charge on any atom is 0.255 e. The van der Waals surface area contributed by atoms with Crippen molar-refractivity contribution in [3.8, 4) is 11.3 Å². The number of pyridine rings is 1. The largest absolute Gasteiger partial charge is 0.368 e. The lowest BCUT2D eigenvalue weighted by Gasteiger charge is -2.36. The van der Waals surface area contributed by atoms with Crippen LogP contribution >= 0.6 is 0 Å². The van der Waals surface area contributed by atoms with Gasteiger partial charge in [0.15, 0.2) is 0 Å². The van der Waals surface area contributed by atoms with Gasteiger partial charge in [0.25, 0.3) is 5.91 Å². The van der Waals surface area contributed by atoms with Crippen LogP contribution in [0.15, 0.2) is 61.3 Å².